The number of hydrogen-bond donors (Lipinski definition) is 0. The van der Waals surface area contributed by atoms with E-state index in [1.807, 2.05) is 29.3 Å². The fraction of sp³-hybridized carbons (Fsp3) is 0.235. The average molecular weight is 371 g/mol. The van der Waals surface area contributed by atoms with Gasteiger partial charge in [-0.05, 0) is 40.4 Å². The zero-order valence-corrected chi connectivity index (χ0v) is 14.2. The van der Waals surface area contributed by atoms with Gasteiger partial charge < -0.3 is 4.90 Å². The van der Waals surface area contributed by atoms with Crippen LogP contribution in [0.15, 0.2) is 47.2 Å². The Kier molecular flexibility index (Phi) is 3.23. The number of aromatic nitrogens is 3. The van der Waals surface area contributed by atoms with Crippen molar-refractivity contribution in [1.29, 1.82) is 0 Å². The summed E-state index contributed by atoms with van der Waals surface area (Å²) in [6.45, 7) is 2.73. The van der Waals surface area contributed by atoms with Crippen LogP contribution >= 0.6 is 15.9 Å². The first-order chi connectivity index (χ1) is 11.1. The maximum Gasteiger partial charge on any atom is 0.210 e. The summed E-state index contributed by atoms with van der Waals surface area (Å²) in [5, 5.41) is 4.69. The maximum atomic E-state index is 11.7. The average Bonchev–Trinajstić information content (AvgIpc) is 2.99. The van der Waals surface area contributed by atoms with Crippen molar-refractivity contribution in [2.75, 3.05) is 6.54 Å². The van der Waals surface area contributed by atoms with Crippen molar-refractivity contribution < 1.29 is 4.79 Å². The van der Waals surface area contributed by atoms with Crippen LogP contribution in [-0.4, -0.2) is 32.5 Å². The van der Waals surface area contributed by atoms with Crippen molar-refractivity contribution >= 4 is 28.0 Å². The van der Waals surface area contributed by atoms with E-state index in [4.69, 9.17) is 0 Å². The largest absolute Gasteiger partial charge is 0.330 e. The number of halogens is 1. The molecule has 1 atom stereocenters. The number of benzene rings is 1. The Labute approximate surface area is 142 Å². The van der Waals surface area contributed by atoms with Gasteiger partial charge >= 0.3 is 0 Å². The first-order valence-corrected chi connectivity index (χ1v) is 8.24. The molecule has 1 aliphatic rings. The van der Waals surface area contributed by atoms with E-state index in [0.717, 1.165) is 34.2 Å². The molecule has 3 heterocycles. The second-order valence-electron chi connectivity index (χ2n) is 5.88. The van der Waals surface area contributed by atoms with E-state index >= 15 is 0 Å². The molecule has 116 valence electrons. The highest BCUT2D eigenvalue weighted by atomic mass is 79.9. The van der Waals surface area contributed by atoms with Gasteiger partial charge in [0.25, 0.3) is 0 Å². The zero-order valence-electron chi connectivity index (χ0n) is 12.6. The second kappa shape index (κ2) is 5.16. The fourth-order valence-electron chi connectivity index (χ4n) is 3.37. The minimum absolute atomic E-state index is 0.587. The zero-order chi connectivity index (χ0) is 16.0. The van der Waals surface area contributed by atoms with Gasteiger partial charge in [0.15, 0.2) is 5.65 Å². The van der Waals surface area contributed by atoms with Gasteiger partial charge in [-0.15, -0.1) is 0 Å². The number of hydrogen-bond acceptors (Lipinski definition) is 3. The fourth-order valence-corrected chi connectivity index (χ4v) is 3.66. The van der Waals surface area contributed by atoms with Crippen molar-refractivity contribution in [1.82, 2.24) is 19.5 Å². The van der Waals surface area contributed by atoms with Crippen molar-refractivity contribution in [3.05, 3.63) is 64.0 Å². The third kappa shape index (κ3) is 2.09. The molecule has 0 spiro atoms. The van der Waals surface area contributed by atoms with Gasteiger partial charge in [0.05, 0.1) is 10.2 Å². The topological polar surface area (TPSA) is 50.5 Å². The molecule has 4 rings (SSSR count). The van der Waals surface area contributed by atoms with Gasteiger partial charge in [-0.2, -0.15) is 5.10 Å². The van der Waals surface area contributed by atoms with Crippen LogP contribution in [0.2, 0.25) is 0 Å². The smallest absolute Gasteiger partial charge is 0.210 e. The van der Waals surface area contributed by atoms with Crippen molar-refractivity contribution in [2.45, 2.75) is 18.9 Å². The van der Waals surface area contributed by atoms with E-state index in [9.17, 15) is 4.79 Å². The molecule has 0 bridgehead atoms. The molecule has 0 saturated heterocycles. The molecule has 6 heteroatoms. The Hall–Kier alpha value is -2.21. The van der Waals surface area contributed by atoms with Crippen LogP contribution in [0, 0.1) is 0 Å². The van der Waals surface area contributed by atoms with Gasteiger partial charge in [0.1, 0.15) is 5.54 Å². The van der Waals surface area contributed by atoms with Gasteiger partial charge in [-0.3, -0.25) is 4.79 Å². The van der Waals surface area contributed by atoms with E-state index in [1.54, 1.807) is 10.7 Å². The predicted octanol–water partition coefficient (Wildman–Crippen LogP) is 2.77. The molecule has 0 saturated carbocycles. The van der Waals surface area contributed by atoms with Gasteiger partial charge in [-0.25, -0.2) is 9.50 Å². The Morgan fingerprint density at radius 2 is 2.17 bits per heavy atom. The predicted molar refractivity (Wildman–Crippen MR) is 90.1 cm³/mol. The van der Waals surface area contributed by atoms with Gasteiger partial charge in [-0.1, -0.05) is 24.3 Å². The Bertz CT molecular complexity index is 906. The third-order valence-electron chi connectivity index (χ3n) is 4.65. The summed E-state index contributed by atoms with van der Waals surface area (Å²) >= 11 is 3.41. The standard InChI is InChI=1S/C17H15BrN4O/c1-17(15-8-16-19-9-13(18)10-22(16)20-15)14-5-3-2-4-12(14)6-7-21(17)11-23/h2-5,8-11H,6-7H2,1H3. The number of fused-ring (bicyclic) bond motifs is 2. The molecule has 0 fully saturated rings. The first kappa shape index (κ1) is 14.4. The van der Waals surface area contributed by atoms with E-state index in [2.05, 4.69) is 45.1 Å². The SMILES string of the molecule is CC1(c2cc3ncc(Br)cn3n2)c2ccccc2CCN1C=O. The van der Waals surface area contributed by atoms with Crippen LogP contribution in [0.1, 0.15) is 23.7 Å². The van der Waals surface area contributed by atoms with Crippen LogP contribution < -0.4 is 0 Å². The van der Waals surface area contributed by atoms with Gasteiger partial charge in [0.2, 0.25) is 6.41 Å². The lowest BCUT2D eigenvalue weighted by Gasteiger charge is -2.43. The number of carbonyl (C=O) groups is 1. The highest BCUT2D eigenvalue weighted by Crippen LogP contribution is 2.39. The summed E-state index contributed by atoms with van der Waals surface area (Å²) < 4.78 is 2.60. The van der Waals surface area contributed by atoms with Crippen molar-refractivity contribution in [2.24, 2.45) is 0 Å². The van der Waals surface area contributed by atoms with Crippen LogP contribution in [0.25, 0.3) is 5.65 Å². The van der Waals surface area contributed by atoms with Crippen LogP contribution in [0.4, 0.5) is 0 Å². The molecule has 0 radical (unpaired) electrons. The minimum atomic E-state index is -0.587. The molecular weight excluding hydrogens is 356 g/mol. The highest BCUT2D eigenvalue weighted by molar-refractivity contribution is 9.10. The van der Waals surface area contributed by atoms with Crippen molar-refractivity contribution in [3.8, 4) is 0 Å². The monoisotopic (exact) mass is 370 g/mol. The van der Waals surface area contributed by atoms with Crippen LogP contribution in [0.3, 0.4) is 0 Å². The maximum absolute atomic E-state index is 11.7. The quantitative estimate of drug-likeness (QED) is 0.651. The minimum Gasteiger partial charge on any atom is -0.330 e. The summed E-state index contributed by atoms with van der Waals surface area (Å²) in [5.74, 6) is 0. The van der Waals surface area contributed by atoms with E-state index < -0.39 is 5.54 Å². The highest BCUT2D eigenvalue weighted by Gasteiger charge is 2.41. The Balaban J connectivity index is 1.96. The number of carbonyl (C=O) groups excluding carboxylic acids is 1. The van der Waals surface area contributed by atoms with E-state index in [1.165, 1.54) is 5.56 Å². The molecule has 1 aromatic carbocycles. The summed E-state index contributed by atoms with van der Waals surface area (Å²) in [7, 11) is 0. The molecule has 1 aliphatic heterocycles. The lowest BCUT2D eigenvalue weighted by atomic mass is 9.80. The Morgan fingerprint density at radius 1 is 1.35 bits per heavy atom. The number of nitrogens with zero attached hydrogens (tertiary/aromatic N) is 4. The molecule has 23 heavy (non-hydrogen) atoms. The van der Waals surface area contributed by atoms with Crippen molar-refractivity contribution in [3.63, 3.8) is 0 Å². The normalized spacial score (nSPS) is 20.5. The first-order valence-electron chi connectivity index (χ1n) is 7.45. The third-order valence-corrected chi connectivity index (χ3v) is 5.06. The summed E-state index contributed by atoms with van der Waals surface area (Å²) in [6, 6.07) is 10.2. The lowest BCUT2D eigenvalue weighted by Crippen LogP contribution is -2.49. The van der Waals surface area contributed by atoms with Crippen LogP contribution in [-0.2, 0) is 16.8 Å². The number of rotatable bonds is 2. The second-order valence-corrected chi connectivity index (χ2v) is 6.80. The molecule has 2 aromatic heterocycles. The van der Waals surface area contributed by atoms with E-state index in [0.29, 0.717) is 6.54 Å². The molecule has 1 unspecified atom stereocenters. The molecule has 0 N–H and O–H groups in total. The summed E-state index contributed by atoms with van der Waals surface area (Å²) in [4.78, 5) is 17.9. The lowest BCUT2D eigenvalue weighted by molar-refractivity contribution is -0.123. The summed E-state index contributed by atoms with van der Waals surface area (Å²) in [6.07, 6.45) is 5.40. The molecule has 1 amide bonds. The molecule has 0 aliphatic carbocycles. The Morgan fingerprint density at radius 3 is 3.00 bits per heavy atom. The van der Waals surface area contributed by atoms with Gasteiger partial charge in [0, 0.05) is 25.0 Å². The molecule has 5 nitrogen and oxygen atoms in total. The number of amides is 1. The molecule has 3 aromatic rings. The van der Waals surface area contributed by atoms with Crippen LogP contribution in [0.5, 0.6) is 0 Å². The molecular formula is C17H15BrN4O. The van der Waals surface area contributed by atoms with E-state index in [-0.39, 0.29) is 0 Å². The summed E-state index contributed by atoms with van der Waals surface area (Å²) in [5.41, 5.74) is 3.39.